The van der Waals surface area contributed by atoms with Crippen molar-refractivity contribution in [3.63, 3.8) is 0 Å². The fourth-order valence-electron chi connectivity index (χ4n) is 3.58. The van der Waals surface area contributed by atoms with E-state index in [2.05, 4.69) is 33.4 Å². The second kappa shape index (κ2) is 5.11. The van der Waals surface area contributed by atoms with Gasteiger partial charge in [-0.3, -0.25) is 4.79 Å². The van der Waals surface area contributed by atoms with Crippen LogP contribution in [0.5, 0.6) is 0 Å². The highest BCUT2D eigenvalue weighted by atomic mass is 79.9. The topological polar surface area (TPSA) is 32.3 Å². The molecule has 2 heterocycles. The lowest BCUT2D eigenvalue weighted by Gasteiger charge is -2.33. The number of likely N-dealkylation sites (tertiary alicyclic amines) is 1. The fraction of sp³-hybridized carbons (Fsp3) is 0.353. The molecular weight excluding hydrogens is 328 g/mol. The first-order valence-electron chi connectivity index (χ1n) is 7.45. The van der Waals surface area contributed by atoms with Crippen molar-refractivity contribution in [2.45, 2.75) is 24.9 Å². The summed E-state index contributed by atoms with van der Waals surface area (Å²) in [4.78, 5) is 15.0. The fourth-order valence-corrected chi connectivity index (χ4v) is 4.10. The number of hydrogen-bond donors (Lipinski definition) is 1. The number of carbonyl (C=O) groups excluding carboxylic acids is 1. The summed E-state index contributed by atoms with van der Waals surface area (Å²) in [6, 6.07) is 13.1. The zero-order chi connectivity index (χ0) is 14.4. The summed E-state index contributed by atoms with van der Waals surface area (Å²) in [7, 11) is 0. The summed E-state index contributed by atoms with van der Waals surface area (Å²) in [6.45, 7) is 1.65. The molecule has 0 saturated carbocycles. The van der Waals surface area contributed by atoms with Crippen LogP contribution in [-0.4, -0.2) is 36.0 Å². The van der Waals surface area contributed by atoms with Gasteiger partial charge in [-0.05, 0) is 45.6 Å². The molecule has 0 radical (unpaired) electrons. The Morgan fingerprint density at radius 2 is 1.81 bits per heavy atom. The van der Waals surface area contributed by atoms with E-state index < -0.39 is 0 Å². The molecule has 2 unspecified atom stereocenters. The van der Waals surface area contributed by atoms with Crippen LogP contribution in [-0.2, 0) is 0 Å². The largest absolute Gasteiger partial charge is 0.335 e. The molecule has 1 N–H and O–H groups in total. The van der Waals surface area contributed by atoms with Gasteiger partial charge in [-0.2, -0.15) is 0 Å². The van der Waals surface area contributed by atoms with Crippen LogP contribution in [0.15, 0.2) is 40.9 Å². The maximum absolute atomic E-state index is 13.0. The van der Waals surface area contributed by atoms with Crippen molar-refractivity contribution in [1.82, 2.24) is 10.2 Å². The molecule has 2 saturated heterocycles. The number of benzene rings is 2. The summed E-state index contributed by atoms with van der Waals surface area (Å²) in [5.74, 6) is 0.150. The lowest BCUT2D eigenvalue weighted by molar-refractivity contribution is 0.0698. The summed E-state index contributed by atoms with van der Waals surface area (Å²) < 4.78 is 0.886. The number of rotatable bonds is 1. The predicted molar refractivity (Wildman–Crippen MR) is 87.5 cm³/mol. The van der Waals surface area contributed by atoms with Crippen LogP contribution in [0.3, 0.4) is 0 Å². The van der Waals surface area contributed by atoms with E-state index in [1.807, 2.05) is 29.2 Å². The number of fused-ring (bicyclic) bond motifs is 3. The van der Waals surface area contributed by atoms with Crippen molar-refractivity contribution in [3.8, 4) is 0 Å². The first kappa shape index (κ1) is 13.3. The molecule has 4 rings (SSSR count). The van der Waals surface area contributed by atoms with Crippen molar-refractivity contribution in [2.75, 3.05) is 13.1 Å². The van der Waals surface area contributed by atoms with Gasteiger partial charge in [0.1, 0.15) is 0 Å². The standard InChI is InChI=1S/C17H17BrN2O/c18-15-8-5-11-3-1-2-4-14(11)16(15)17(21)20-9-12-6-7-13(10-20)19-12/h1-5,8,12-13,19H,6-7,9-10H2. The first-order chi connectivity index (χ1) is 10.2. The molecular formula is C17H17BrN2O. The van der Waals surface area contributed by atoms with Gasteiger partial charge in [-0.25, -0.2) is 0 Å². The molecule has 2 aromatic carbocycles. The third-order valence-corrected chi connectivity index (χ3v) is 5.26. The summed E-state index contributed by atoms with van der Waals surface area (Å²) in [6.07, 6.45) is 2.37. The zero-order valence-electron chi connectivity index (χ0n) is 11.7. The van der Waals surface area contributed by atoms with E-state index in [0.29, 0.717) is 12.1 Å². The van der Waals surface area contributed by atoms with Crippen LogP contribution in [0.4, 0.5) is 0 Å². The van der Waals surface area contributed by atoms with Gasteiger partial charge in [0.2, 0.25) is 0 Å². The van der Waals surface area contributed by atoms with Crippen molar-refractivity contribution in [2.24, 2.45) is 0 Å². The predicted octanol–water partition coefficient (Wildman–Crippen LogP) is 3.18. The Hall–Kier alpha value is -1.39. The van der Waals surface area contributed by atoms with Crippen LogP contribution >= 0.6 is 15.9 Å². The highest BCUT2D eigenvalue weighted by molar-refractivity contribution is 9.10. The number of nitrogens with one attached hydrogen (secondary N) is 1. The molecule has 21 heavy (non-hydrogen) atoms. The first-order valence-corrected chi connectivity index (χ1v) is 8.24. The smallest absolute Gasteiger partial charge is 0.255 e. The molecule has 2 aliphatic rings. The summed E-state index contributed by atoms with van der Waals surface area (Å²) in [5.41, 5.74) is 0.800. The highest BCUT2D eigenvalue weighted by Gasteiger charge is 2.35. The molecule has 2 atom stereocenters. The van der Waals surface area contributed by atoms with Crippen LogP contribution in [0, 0.1) is 0 Å². The molecule has 108 valence electrons. The van der Waals surface area contributed by atoms with Gasteiger partial charge in [0.15, 0.2) is 0 Å². The minimum Gasteiger partial charge on any atom is -0.335 e. The third-order valence-electron chi connectivity index (χ3n) is 4.60. The maximum atomic E-state index is 13.0. The monoisotopic (exact) mass is 344 g/mol. The molecule has 0 spiro atoms. The average molecular weight is 345 g/mol. The number of hydrogen-bond acceptors (Lipinski definition) is 2. The normalized spacial score (nSPS) is 24.5. The van der Waals surface area contributed by atoms with E-state index in [9.17, 15) is 4.79 Å². The van der Waals surface area contributed by atoms with Crippen molar-refractivity contribution in [3.05, 3.63) is 46.4 Å². The molecule has 2 fully saturated rings. The van der Waals surface area contributed by atoms with Gasteiger partial charge in [0.25, 0.3) is 5.91 Å². The minimum atomic E-state index is 0.150. The average Bonchev–Trinajstić information content (AvgIpc) is 2.85. The van der Waals surface area contributed by atoms with E-state index in [4.69, 9.17) is 0 Å². The Balaban J connectivity index is 1.75. The quantitative estimate of drug-likeness (QED) is 0.861. The van der Waals surface area contributed by atoms with E-state index >= 15 is 0 Å². The van der Waals surface area contributed by atoms with E-state index in [0.717, 1.165) is 33.9 Å². The van der Waals surface area contributed by atoms with Crippen molar-refractivity contribution in [1.29, 1.82) is 0 Å². The molecule has 0 aliphatic carbocycles. The van der Waals surface area contributed by atoms with Crippen LogP contribution in [0.1, 0.15) is 23.2 Å². The number of nitrogens with zero attached hydrogens (tertiary/aromatic N) is 1. The van der Waals surface area contributed by atoms with E-state index in [1.165, 1.54) is 12.8 Å². The molecule has 2 bridgehead atoms. The van der Waals surface area contributed by atoms with Crippen LogP contribution < -0.4 is 5.32 Å². The second-order valence-corrected chi connectivity index (χ2v) is 6.85. The summed E-state index contributed by atoms with van der Waals surface area (Å²) >= 11 is 3.57. The lowest BCUT2D eigenvalue weighted by atomic mass is 10.0. The van der Waals surface area contributed by atoms with Crippen molar-refractivity contribution < 1.29 is 4.79 Å². The van der Waals surface area contributed by atoms with Gasteiger partial charge in [-0.1, -0.05) is 30.3 Å². The molecule has 2 aliphatic heterocycles. The molecule has 0 aromatic heterocycles. The SMILES string of the molecule is O=C(c1c(Br)ccc2ccccc12)N1CC2CCC(C1)N2. The van der Waals surface area contributed by atoms with Crippen molar-refractivity contribution >= 4 is 32.6 Å². The van der Waals surface area contributed by atoms with Crippen LogP contribution in [0.2, 0.25) is 0 Å². The number of carbonyl (C=O) groups is 1. The second-order valence-electron chi connectivity index (χ2n) is 5.99. The van der Waals surface area contributed by atoms with E-state index in [1.54, 1.807) is 0 Å². The minimum absolute atomic E-state index is 0.150. The Labute approximate surface area is 132 Å². The van der Waals surface area contributed by atoms with Gasteiger partial charge < -0.3 is 10.2 Å². The number of amides is 1. The van der Waals surface area contributed by atoms with Gasteiger partial charge in [-0.15, -0.1) is 0 Å². The highest BCUT2D eigenvalue weighted by Crippen LogP contribution is 2.29. The third kappa shape index (κ3) is 2.27. The Morgan fingerprint density at radius 3 is 2.57 bits per heavy atom. The zero-order valence-corrected chi connectivity index (χ0v) is 13.3. The van der Waals surface area contributed by atoms with Gasteiger partial charge >= 0.3 is 0 Å². The Kier molecular flexibility index (Phi) is 3.23. The molecule has 4 heteroatoms. The summed E-state index contributed by atoms with van der Waals surface area (Å²) in [5, 5.41) is 5.72. The van der Waals surface area contributed by atoms with Crippen LogP contribution in [0.25, 0.3) is 10.8 Å². The molecule has 3 nitrogen and oxygen atoms in total. The molecule has 2 aromatic rings. The Bertz CT molecular complexity index is 703. The van der Waals surface area contributed by atoms with E-state index in [-0.39, 0.29) is 5.91 Å². The number of halogens is 1. The Morgan fingerprint density at radius 1 is 1.10 bits per heavy atom. The molecule has 1 amide bonds. The van der Waals surface area contributed by atoms with Gasteiger partial charge in [0.05, 0.1) is 5.56 Å². The number of piperazine rings is 1. The lowest BCUT2D eigenvalue weighted by Crippen LogP contribution is -2.53. The maximum Gasteiger partial charge on any atom is 0.255 e. The van der Waals surface area contributed by atoms with Gasteiger partial charge in [0, 0.05) is 29.6 Å².